The Hall–Kier alpha value is -3.13. The van der Waals surface area contributed by atoms with E-state index in [1.54, 1.807) is 7.11 Å². The van der Waals surface area contributed by atoms with Crippen molar-refractivity contribution in [2.24, 2.45) is 17.3 Å². The smallest absolute Gasteiger partial charge is 0.137 e. The Morgan fingerprint density at radius 1 is 1.05 bits per heavy atom. The molecule has 5 atom stereocenters. The molecule has 214 valence electrons. The summed E-state index contributed by atoms with van der Waals surface area (Å²) in [6.45, 7) is 9.23. The molecule has 4 nitrogen and oxygen atoms in total. The predicted molar refractivity (Wildman–Crippen MR) is 162 cm³/mol. The van der Waals surface area contributed by atoms with Crippen LogP contribution in [-0.4, -0.2) is 30.2 Å². The molecule has 4 aliphatic rings. The molecule has 0 amide bonds. The molecule has 2 aromatic carbocycles. The average molecular weight is 551 g/mol. The highest BCUT2D eigenvalue weighted by Gasteiger charge is 2.61. The topological polar surface area (TPSA) is 55.8 Å². The number of methoxy groups -OCH3 is 1. The van der Waals surface area contributed by atoms with Crippen molar-refractivity contribution in [1.29, 1.82) is 0 Å². The maximum atomic E-state index is 12.4. The lowest BCUT2D eigenvalue weighted by Gasteiger charge is -2.42. The van der Waals surface area contributed by atoms with Gasteiger partial charge in [-0.25, -0.2) is 0 Å². The van der Waals surface area contributed by atoms with Gasteiger partial charge in [0.25, 0.3) is 0 Å². The van der Waals surface area contributed by atoms with Crippen molar-refractivity contribution in [3.63, 3.8) is 0 Å². The highest BCUT2D eigenvalue weighted by molar-refractivity contribution is 5.84. The van der Waals surface area contributed by atoms with Crippen LogP contribution >= 0.6 is 0 Å². The van der Waals surface area contributed by atoms with E-state index >= 15 is 0 Å². The third-order valence-corrected chi connectivity index (χ3v) is 10.3. The van der Waals surface area contributed by atoms with Crippen LogP contribution < -0.4 is 4.74 Å². The van der Waals surface area contributed by atoms with Crippen LogP contribution in [0.3, 0.4) is 0 Å². The number of ether oxygens (including phenoxy) is 2. The first-order chi connectivity index (χ1) is 19.5. The Kier molecular flexibility index (Phi) is 7.04. The number of hydrogen-bond donors (Lipinski definition) is 1. The van der Waals surface area contributed by atoms with E-state index in [2.05, 4.69) is 82.0 Å². The number of rotatable bonds is 2. The second-order valence-corrected chi connectivity index (χ2v) is 13.7. The molecule has 3 fully saturated rings. The summed E-state index contributed by atoms with van der Waals surface area (Å²) in [7, 11) is 1.68. The molecule has 0 aromatic heterocycles. The fourth-order valence-corrected chi connectivity index (χ4v) is 7.69. The van der Waals surface area contributed by atoms with Crippen LogP contribution in [0.2, 0.25) is 0 Å². The normalized spacial score (nSPS) is 31.2. The van der Waals surface area contributed by atoms with E-state index in [0.29, 0.717) is 31.7 Å². The molecule has 1 aliphatic heterocycles. The number of ketones is 1. The summed E-state index contributed by atoms with van der Waals surface area (Å²) < 4.78 is 12.3. The van der Waals surface area contributed by atoms with Gasteiger partial charge in [0.1, 0.15) is 23.2 Å². The quantitative estimate of drug-likeness (QED) is 0.400. The van der Waals surface area contributed by atoms with Gasteiger partial charge in [-0.2, -0.15) is 0 Å². The fraction of sp³-hybridized carbons (Fsp3) is 0.486. The van der Waals surface area contributed by atoms with Crippen molar-refractivity contribution in [3.05, 3.63) is 88.0 Å². The number of hydrogen-bond acceptors (Lipinski definition) is 4. The number of aliphatic hydroxyl groups is 1. The van der Waals surface area contributed by atoms with Gasteiger partial charge in [-0.15, -0.1) is 0 Å². The summed E-state index contributed by atoms with van der Waals surface area (Å²) in [4.78, 5) is 12.4. The molecule has 1 N–H and O–H groups in total. The minimum Gasteiger partial charge on any atom is -0.497 e. The Labute approximate surface area is 244 Å². The first-order valence-electron chi connectivity index (χ1n) is 15.1. The molecular formula is C37H42O4. The van der Waals surface area contributed by atoms with Crippen LogP contribution in [0.5, 0.6) is 5.75 Å². The molecule has 1 saturated heterocycles. The van der Waals surface area contributed by atoms with Crippen LogP contribution in [0.4, 0.5) is 0 Å². The number of carbonyl (C=O) groups excluding carboxylic acids is 1. The first kappa shape index (κ1) is 28.0. The third kappa shape index (κ3) is 4.88. The van der Waals surface area contributed by atoms with Gasteiger partial charge >= 0.3 is 0 Å². The lowest BCUT2D eigenvalue weighted by atomic mass is 9.62. The molecule has 2 saturated carbocycles. The Balaban J connectivity index is 1.39. The largest absolute Gasteiger partial charge is 0.497 e. The minimum absolute atomic E-state index is 0.0839. The molecule has 0 bridgehead atoms. The van der Waals surface area contributed by atoms with E-state index in [9.17, 15) is 9.90 Å². The van der Waals surface area contributed by atoms with E-state index in [1.165, 1.54) is 22.3 Å². The van der Waals surface area contributed by atoms with Crippen molar-refractivity contribution in [2.75, 3.05) is 13.7 Å². The molecule has 3 aliphatic carbocycles. The minimum atomic E-state index is -1.16. The van der Waals surface area contributed by atoms with E-state index in [-0.39, 0.29) is 23.4 Å². The van der Waals surface area contributed by atoms with Crippen molar-refractivity contribution in [3.8, 4) is 17.6 Å². The lowest BCUT2D eigenvalue weighted by Crippen LogP contribution is -2.48. The van der Waals surface area contributed by atoms with Gasteiger partial charge in [0.15, 0.2) is 0 Å². The van der Waals surface area contributed by atoms with E-state index < -0.39 is 11.0 Å². The number of fused-ring (bicyclic) bond motifs is 4. The maximum absolute atomic E-state index is 12.4. The van der Waals surface area contributed by atoms with Crippen LogP contribution in [0, 0.1) is 29.1 Å². The molecule has 1 heterocycles. The molecule has 2 unspecified atom stereocenters. The Morgan fingerprint density at radius 2 is 1.78 bits per heavy atom. The van der Waals surface area contributed by atoms with Gasteiger partial charge in [0, 0.05) is 23.8 Å². The fourth-order valence-electron chi connectivity index (χ4n) is 7.69. The number of Topliss-reactive ketones (excluding diaryl/α,β-unsaturated/α-hetero) is 1. The predicted octanol–water partition coefficient (Wildman–Crippen LogP) is 7.26. The highest BCUT2D eigenvalue weighted by atomic mass is 16.5. The van der Waals surface area contributed by atoms with Crippen molar-refractivity contribution >= 4 is 5.78 Å². The van der Waals surface area contributed by atoms with Crippen molar-refractivity contribution in [1.82, 2.24) is 0 Å². The maximum Gasteiger partial charge on any atom is 0.137 e. The van der Waals surface area contributed by atoms with Crippen molar-refractivity contribution in [2.45, 2.75) is 83.3 Å². The molecule has 2 aromatic rings. The molecule has 0 radical (unpaired) electrons. The van der Waals surface area contributed by atoms with Gasteiger partial charge < -0.3 is 14.6 Å². The zero-order chi connectivity index (χ0) is 29.0. The summed E-state index contributed by atoms with van der Waals surface area (Å²) >= 11 is 0. The monoisotopic (exact) mass is 550 g/mol. The highest BCUT2D eigenvalue weighted by Crippen LogP contribution is 2.61. The molecule has 41 heavy (non-hydrogen) atoms. The number of benzene rings is 2. The zero-order valence-electron chi connectivity index (χ0n) is 25.0. The SMILES string of the molecule is COc1ccc([C@H]2OC[C@@]3(C)C(CC[C@@]3(O)C#Cc3ccc(C(C)(C)C)cc3)C3CC=C4CC(=O)CCC4=C32)cc1. The van der Waals surface area contributed by atoms with Gasteiger partial charge in [0.2, 0.25) is 0 Å². The van der Waals surface area contributed by atoms with Gasteiger partial charge in [-0.05, 0) is 95.0 Å². The Morgan fingerprint density at radius 3 is 2.46 bits per heavy atom. The van der Waals surface area contributed by atoms with E-state index in [1.807, 2.05) is 12.1 Å². The van der Waals surface area contributed by atoms with Gasteiger partial charge in [0.05, 0.1) is 13.7 Å². The molecule has 4 heteroatoms. The van der Waals surface area contributed by atoms with E-state index in [0.717, 1.165) is 36.1 Å². The van der Waals surface area contributed by atoms with Crippen LogP contribution in [0.1, 0.15) is 89.0 Å². The van der Waals surface area contributed by atoms with Crippen LogP contribution in [-0.2, 0) is 14.9 Å². The molecule has 6 rings (SSSR count). The zero-order valence-corrected chi connectivity index (χ0v) is 25.0. The van der Waals surface area contributed by atoms with Crippen molar-refractivity contribution < 1.29 is 19.4 Å². The summed E-state index contributed by atoms with van der Waals surface area (Å²) in [5, 5.41) is 12.3. The number of carbonyl (C=O) groups is 1. The van der Waals surface area contributed by atoms with E-state index in [4.69, 9.17) is 9.47 Å². The third-order valence-electron chi connectivity index (χ3n) is 10.3. The Bertz CT molecular complexity index is 1460. The lowest BCUT2D eigenvalue weighted by molar-refractivity contribution is -0.118. The second-order valence-electron chi connectivity index (χ2n) is 13.7. The number of allylic oxidation sites excluding steroid dienone is 3. The summed E-state index contributed by atoms with van der Waals surface area (Å²) in [5.41, 5.74) is 5.50. The summed E-state index contributed by atoms with van der Waals surface area (Å²) in [6.07, 6.45) is 6.36. The summed E-state index contributed by atoms with van der Waals surface area (Å²) in [6, 6.07) is 16.6. The van der Waals surface area contributed by atoms with Crippen LogP contribution in [0.15, 0.2) is 71.3 Å². The van der Waals surface area contributed by atoms with Gasteiger partial charge in [-0.3, -0.25) is 4.79 Å². The second kappa shape index (κ2) is 10.3. The van der Waals surface area contributed by atoms with Crippen LogP contribution in [0.25, 0.3) is 0 Å². The molecule has 0 spiro atoms. The van der Waals surface area contributed by atoms with Gasteiger partial charge in [-0.1, -0.05) is 69.9 Å². The standard InChI is InChI=1S/C37H42O4/c1-35(2,3)27-11-6-24(7-12-27)18-20-37(39)21-19-32-31-16-10-26-22-28(38)13-17-30(26)33(31)34(41-23-36(32,37)4)25-8-14-29(40-5)15-9-25/h6-12,14-15,31-32,34,39H,13,16-17,19,21-23H2,1-5H3/t31?,32?,34-,36+,37+/m1/s1. The average Bonchev–Trinajstić information content (AvgIpc) is 3.13. The first-order valence-corrected chi connectivity index (χ1v) is 15.1. The summed E-state index contributed by atoms with van der Waals surface area (Å²) in [5.74, 6) is 8.29. The molecular weight excluding hydrogens is 508 g/mol.